The second-order valence-electron chi connectivity index (χ2n) is 4.43. The molecule has 1 aliphatic heterocycles. The Bertz CT molecular complexity index is 463. The Morgan fingerprint density at radius 1 is 1.53 bits per heavy atom. The maximum atomic E-state index is 4.09. The van der Waals surface area contributed by atoms with Crippen LogP contribution in [0.3, 0.4) is 0 Å². The van der Waals surface area contributed by atoms with Crippen molar-refractivity contribution in [3.63, 3.8) is 0 Å². The smallest absolute Gasteiger partial charge is 0.0375 e. The molecule has 1 aliphatic rings. The van der Waals surface area contributed by atoms with E-state index in [0.29, 0.717) is 5.92 Å². The number of nitrogens with zero attached hydrogens (tertiary/aromatic N) is 1. The molecule has 2 atom stereocenters. The number of allylic oxidation sites excluding steroid dienone is 1. The van der Waals surface area contributed by atoms with Crippen LogP contribution in [0.1, 0.15) is 30.4 Å². The molecule has 2 rings (SSSR count). The molecule has 0 saturated carbocycles. The number of hydrogen-bond acceptors (Lipinski definition) is 2. The zero-order chi connectivity index (χ0) is 12.3. The molecular formula is C14H19N2P. The lowest BCUT2D eigenvalue weighted by atomic mass is 9.90. The highest BCUT2D eigenvalue weighted by Crippen LogP contribution is 2.33. The van der Waals surface area contributed by atoms with Crippen LogP contribution in [0.5, 0.6) is 0 Å². The monoisotopic (exact) mass is 246 g/mol. The average Bonchev–Trinajstić information content (AvgIpc) is 2.36. The van der Waals surface area contributed by atoms with Crippen molar-refractivity contribution in [2.75, 3.05) is 18.9 Å². The summed E-state index contributed by atoms with van der Waals surface area (Å²) in [5, 5.41) is 3.45. The topological polar surface area (TPSA) is 24.4 Å². The van der Waals surface area contributed by atoms with Crippen molar-refractivity contribution in [1.82, 2.24) is 0 Å². The Morgan fingerprint density at radius 3 is 3.06 bits per heavy atom. The van der Waals surface area contributed by atoms with Crippen molar-refractivity contribution in [1.29, 1.82) is 0 Å². The van der Waals surface area contributed by atoms with Gasteiger partial charge >= 0.3 is 0 Å². The van der Waals surface area contributed by atoms with Crippen LogP contribution in [0.2, 0.25) is 0 Å². The summed E-state index contributed by atoms with van der Waals surface area (Å²) in [6, 6.07) is 6.61. The Morgan fingerprint density at radius 2 is 2.35 bits per heavy atom. The zero-order valence-corrected chi connectivity index (χ0v) is 11.6. The summed E-state index contributed by atoms with van der Waals surface area (Å²) in [5.74, 6) is 2.66. The first-order chi connectivity index (χ1) is 8.26. The molecule has 0 fully saturated rings. The molecule has 90 valence electrons. The Kier molecular flexibility index (Phi) is 3.96. The summed E-state index contributed by atoms with van der Waals surface area (Å²) >= 11 is 0. The minimum Gasteiger partial charge on any atom is -0.385 e. The van der Waals surface area contributed by atoms with Gasteiger partial charge in [-0.15, -0.1) is 9.24 Å². The normalized spacial score (nSPS) is 20.2. The Labute approximate surface area is 105 Å². The van der Waals surface area contributed by atoms with E-state index < -0.39 is 0 Å². The van der Waals surface area contributed by atoms with Gasteiger partial charge in [0.2, 0.25) is 0 Å². The van der Waals surface area contributed by atoms with Gasteiger partial charge in [-0.05, 0) is 41.2 Å². The fraction of sp³-hybridized carbons (Fsp3) is 0.357. The second kappa shape index (κ2) is 5.46. The summed E-state index contributed by atoms with van der Waals surface area (Å²) in [6.07, 6.45) is 3.11. The molecule has 0 aromatic heterocycles. The van der Waals surface area contributed by atoms with Crippen molar-refractivity contribution in [2.24, 2.45) is 4.99 Å². The molecule has 0 aliphatic carbocycles. The van der Waals surface area contributed by atoms with Crippen LogP contribution in [0.15, 0.2) is 29.0 Å². The molecule has 1 aromatic carbocycles. The van der Waals surface area contributed by atoms with Gasteiger partial charge in [-0.25, -0.2) is 0 Å². The van der Waals surface area contributed by atoms with E-state index >= 15 is 0 Å². The van der Waals surface area contributed by atoms with E-state index in [1.807, 2.05) is 12.0 Å². The molecule has 0 radical (unpaired) electrons. The van der Waals surface area contributed by atoms with E-state index in [0.717, 1.165) is 12.1 Å². The minimum absolute atomic E-state index is 0.635. The molecule has 0 bridgehead atoms. The predicted molar refractivity (Wildman–Crippen MR) is 80.1 cm³/mol. The molecule has 17 heavy (non-hydrogen) atoms. The van der Waals surface area contributed by atoms with Crippen LogP contribution >= 0.6 is 9.24 Å². The van der Waals surface area contributed by atoms with E-state index in [1.165, 1.54) is 23.2 Å². The van der Waals surface area contributed by atoms with Gasteiger partial charge in [-0.3, -0.25) is 4.99 Å². The van der Waals surface area contributed by atoms with Crippen molar-refractivity contribution >= 4 is 26.7 Å². The lowest BCUT2D eigenvalue weighted by Crippen LogP contribution is -2.15. The molecule has 1 aromatic rings. The van der Waals surface area contributed by atoms with Crippen molar-refractivity contribution in [3.05, 3.63) is 35.1 Å². The third kappa shape index (κ3) is 2.58. The number of rotatable bonds is 2. The zero-order valence-electron chi connectivity index (χ0n) is 10.4. The van der Waals surface area contributed by atoms with E-state index in [9.17, 15) is 0 Å². The van der Waals surface area contributed by atoms with Crippen molar-refractivity contribution in [3.8, 4) is 0 Å². The van der Waals surface area contributed by atoms with Gasteiger partial charge in [-0.1, -0.05) is 18.8 Å². The fourth-order valence-electron chi connectivity index (χ4n) is 2.24. The largest absolute Gasteiger partial charge is 0.385 e. The summed E-state index contributed by atoms with van der Waals surface area (Å²) in [7, 11) is 4.45. The Hall–Kier alpha value is -1.14. The second-order valence-corrected chi connectivity index (χ2v) is 4.76. The van der Waals surface area contributed by atoms with E-state index in [2.05, 4.69) is 44.7 Å². The number of anilines is 1. The van der Waals surface area contributed by atoms with Crippen LogP contribution in [0.25, 0.3) is 5.57 Å². The number of aliphatic imine (C=N–C) groups is 1. The van der Waals surface area contributed by atoms with E-state index in [4.69, 9.17) is 0 Å². The average molecular weight is 246 g/mol. The van der Waals surface area contributed by atoms with Gasteiger partial charge in [0.05, 0.1) is 0 Å². The quantitative estimate of drug-likeness (QED) is 0.626. The molecule has 0 amide bonds. The molecule has 2 unspecified atom stereocenters. The summed E-state index contributed by atoms with van der Waals surface area (Å²) in [4.78, 5) is 4.09. The number of fused-ring (bicyclic) bond motifs is 1. The molecular weight excluding hydrogens is 227 g/mol. The lowest BCUT2D eigenvalue weighted by Gasteiger charge is -2.24. The predicted octanol–water partition coefficient (Wildman–Crippen LogP) is 3.52. The van der Waals surface area contributed by atoms with Gasteiger partial charge < -0.3 is 5.32 Å². The fourth-order valence-corrected chi connectivity index (χ4v) is 2.52. The highest BCUT2D eigenvalue weighted by molar-refractivity contribution is 7.21. The van der Waals surface area contributed by atoms with Gasteiger partial charge in [0, 0.05) is 25.5 Å². The third-order valence-corrected chi connectivity index (χ3v) is 3.62. The summed E-state index contributed by atoms with van der Waals surface area (Å²) < 4.78 is 0. The minimum atomic E-state index is 0.635. The Balaban J connectivity index is 2.41. The molecule has 3 heteroatoms. The molecule has 0 saturated heterocycles. The highest BCUT2D eigenvalue weighted by atomic mass is 31.0. The van der Waals surface area contributed by atoms with Crippen molar-refractivity contribution < 1.29 is 0 Å². The number of nitrogens with one attached hydrogen (secondary N) is 1. The standard InChI is InChI=1S/C14H19N2P/c1-10-5-6-16-14-4-3-11(7-13(10)14)12(9-17)8-15-2/h3-4,7-10,16H,5-6,17H2,1-2H3. The molecule has 0 spiro atoms. The maximum absolute atomic E-state index is 4.09. The number of benzene rings is 1. The van der Waals surface area contributed by atoms with Gasteiger partial charge in [-0.2, -0.15) is 0 Å². The first-order valence-corrected chi connectivity index (χ1v) is 6.65. The third-order valence-electron chi connectivity index (χ3n) is 3.26. The molecule has 2 nitrogen and oxygen atoms in total. The molecule has 1 N–H and O–H groups in total. The van der Waals surface area contributed by atoms with Crippen LogP contribution in [-0.2, 0) is 0 Å². The number of hydrogen-bond donors (Lipinski definition) is 1. The first kappa shape index (κ1) is 12.3. The van der Waals surface area contributed by atoms with Crippen LogP contribution in [0, 0.1) is 0 Å². The lowest BCUT2D eigenvalue weighted by molar-refractivity contribution is 0.683. The van der Waals surface area contributed by atoms with Crippen LogP contribution < -0.4 is 5.32 Å². The van der Waals surface area contributed by atoms with Crippen LogP contribution in [-0.4, -0.2) is 19.8 Å². The highest BCUT2D eigenvalue weighted by Gasteiger charge is 2.16. The van der Waals surface area contributed by atoms with E-state index in [1.54, 1.807) is 7.05 Å². The van der Waals surface area contributed by atoms with Crippen molar-refractivity contribution in [2.45, 2.75) is 19.3 Å². The molecule has 1 heterocycles. The maximum Gasteiger partial charge on any atom is 0.0375 e. The van der Waals surface area contributed by atoms with Crippen LogP contribution in [0.4, 0.5) is 5.69 Å². The van der Waals surface area contributed by atoms with Gasteiger partial charge in [0.1, 0.15) is 0 Å². The SMILES string of the molecule is CN=CC(=CP)c1ccc2c(c1)C(C)CCN2. The van der Waals surface area contributed by atoms with Gasteiger partial charge in [0.25, 0.3) is 0 Å². The summed E-state index contributed by atoms with van der Waals surface area (Å²) in [6.45, 7) is 3.37. The summed E-state index contributed by atoms with van der Waals surface area (Å²) in [5.41, 5.74) is 5.09. The first-order valence-electron chi connectivity index (χ1n) is 5.98. The van der Waals surface area contributed by atoms with E-state index in [-0.39, 0.29) is 0 Å². The van der Waals surface area contributed by atoms with Gasteiger partial charge in [0.15, 0.2) is 0 Å².